The number of carbonyl (C=O) groups is 4. The number of cyclic esters (lactones) is 1. The van der Waals surface area contributed by atoms with Crippen LogP contribution < -0.4 is 0 Å². The van der Waals surface area contributed by atoms with Gasteiger partial charge in [0.15, 0.2) is 11.2 Å². The van der Waals surface area contributed by atoms with Crippen LogP contribution in [0.15, 0.2) is 48.7 Å². The molecule has 0 unspecified atom stereocenters. The van der Waals surface area contributed by atoms with E-state index in [1.807, 2.05) is 39.0 Å². The first-order valence-electron chi connectivity index (χ1n) is 12.4. The van der Waals surface area contributed by atoms with E-state index < -0.39 is 52.4 Å². The minimum Gasteiger partial charge on any atom is -0.464 e. The SMILES string of the molecule is C=C1C(=O)[C@@]23C(=O)OC[C@]4(C=CCC(C)(C)[C@H]4C=O)[C@@H]2CC[C@@H]1[C@H]3OC(=O)/C=C/c1ccnc(C)c1. The number of pyridine rings is 1. The Labute approximate surface area is 210 Å². The molecule has 2 spiro atoms. The van der Waals surface area contributed by atoms with E-state index in [1.165, 1.54) is 6.08 Å². The summed E-state index contributed by atoms with van der Waals surface area (Å²) < 4.78 is 11.7. The summed E-state index contributed by atoms with van der Waals surface area (Å²) in [5, 5.41) is 0. The van der Waals surface area contributed by atoms with E-state index >= 15 is 0 Å². The first-order chi connectivity index (χ1) is 17.1. The van der Waals surface area contributed by atoms with Gasteiger partial charge in [-0.25, -0.2) is 4.79 Å². The van der Waals surface area contributed by atoms with Crippen LogP contribution >= 0.6 is 0 Å². The molecule has 7 heteroatoms. The van der Waals surface area contributed by atoms with Crippen LogP contribution in [-0.2, 0) is 28.7 Å². The van der Waals surface area contributed by atoms with Crippen molar-refractivity contribution in [2.24, 2.45) is 34.0 Å². The van der Waals surface area contributed by atoms with Crippen molar-refractivity contribution in [3.05, 3.63) is 60.0 Å². The first kappa shape index (κ1) is 24.3. The second-order valence-electron chi connectivity index (χ2n) is 11.3. The summed E-state index contributed by atoms with van der Waals surface area (Å²) in [7, 11) is 0. The molecule has 6 atom stereocenters. The highest BCUT2D eigenvalue weighted by Gasteiger charge is 2.76. The Morgan fingerprint density at radius 2 is 2.06 bits per heavy atom. The van der Waals surface area contributed by atoms with Gasteiger partial charge in [0.05, 0.1) is 0 Å². The van der Waals surface area contributed by atoms with Crippen molar-refractivity contribution < 1.29 is 28.7 Å². The number of aryl methyl sites for hydroxylation is 1. The first-order valence-corrected chi connectivity index (χ1v) is 12.4. The van der Waals surface area contributed by atoms with Gasteiger partial charge in [-0.15, -0.1) is 0 Å². The van der Waals surface area contributed by atoms with Gasteiger partial charge >= 0.3 is 11.9 Å². The fourth-order valence-corrected chi connectivity index (χ4v) is 7.27. The topological polar surface area (TPSA) is 99.6 Å². The van der Waals surface area contributed by atoms with Gasteiger partial charge in [0.2, 0.25) is 0 Å². The van der Waals surface area contributed by atoms with Crippen molar-refractivity contribution in [3.63, 3.8) is 0 Å². The van der Waals surface area contributed by atoms with Crippen molar-refractivity contribution >= 4 is 30.1 Å². The highest BCUT2D eigenvalue weighted by atomic mass is 16.6. The minimum absolute atomic E-state index is 0.0218. The van der Waals surface area contributed by atoms with Crippen molar-refractivity contribution in [2.75, 3.05) is 6.61 Å². The number of hydrogen-bond acceptors (Lipinski definition) is 7. The predicted molar refractivity (Wildman–Crippen MR) is 131 cm³/mol. The molecular formula is C29H31NO6. The van der Waals surface area contributed by atoms with Crippen LogP contribution in [0.1, 0.15) is 44.4 Å². The van der Waals surface area contributed by atoms with E-state index in [-0.39, 0.29) is 12.0 Å². The smallest absolute Gasteiger partial charge is 0.331 e. The quantitative estimate of drug-likeness (QED) is 0.208. The number of carbonyl (C=O) groups excluding carboxylic acids is 4. The monoisotopic (exact) mass is 489 g/mol. The van der Waals surface area contributed by atoms with Crippen molar-refractivity contribution in [1.29, 1.82) is 0 Å². The normalized spacial score (nSPS) is 36.6. The van der Waals surface area contributed by atoms with Gasteiger partial charge < -0.3 is 14.3 Å². The van der Waals surface area contributed by atoms with Crippen LogP contribution in [0.5, 0.6) is 0 Å². The average molecular weight is 490 g/mol. The molecule has 1 aromatic heterocycles. The zero-order chi connectivity index (χ0) is 25.9. The van der Waals surface area contributed by atoms with Gasteiger partial charge in [-0.1, -0.05) is 32.6 Å². The molecule has 1 aromatic rings. The number of fused-ring (bicyclic) bond motifs is 2. The zero-order valence-corrected chi connectivity index (χ0v) is 20.9. The van der Waals surface area contributed by atoms with E-state index in [9.17, 15) is 19.2 Å². The van der Waals surface area contributed by atoms with Gasteiger partial charge in [-0.2, -0.15) is 0 Å². The number of ether oxygens (including phenoxy) is 2. The summed E-state index contributed by atoms with van der Waals surface area (Å²) in [6, 6.07) is 3.59. The number of aldehydes is 1. The Hall–Kier alpha value is -3.35. The zero-order valence-electron chi connectivity index (χ0n) is 20.9. The lowest BCUT2D eigenvalue weighted by Gasteiger charge is -2.58. The molecule has 1 aliphatic heterocycles. The Balaban J connectivity index is 1.55. The summed E-state index contributed by atoms with van der Waals surface area (Å²) in [5.74, 6) is -3.22. The highest BCUT2D eigenvalue weighted by molar-refractivity contribution is 6.16. The maximum absolute atomic E-state index is 13.8. The lowest BCUT2D eigenvalue weighted by molar-refractivity contribution is -0.215. The van der Waals surface area contributed by atoms with Gasteiger partial charge in [0.25, 0.3) is 0 Å². The summed E-state index contributed by atoms with van der Waals surface area (Å²) in [6.45, 7) is 9.91. The molecule has 1 saturated heterocycles. The van der Waals surface area contributed by atoms with E-state index in [0.717, 1.165) is 17.5 Å². The molecule has 3 aliphatic carbocycles. The van der Waals surface area contributed by atoms with Crippen LogP contribution in [-0.4, -0.2) is 41.7 Å². The third-order valence-corrected chi connectivity index (χ3v) is 8.89. The highest BCUT2D eigenvalue weighted by Crippen LogP contribution is 2.67. The molecule has 188 valence electrons. The Kier molecular flexibility index (Phi) is 5.65. The van der Waals surface area contributed by atoms with Gasteiger partial charge in [-0.05, 0) is 66.9 Å². The van der Waals surface area contributed by atoms with Gasteiger partial charge in [0.1, 0.15) is 19.0 Å². The number of Topliss-reactive ketones (excluding diaryl/α,β-unsaturated/α-hetero) is 1. The summed E-state index contributed by atoms with van der Waals surface area (Å²) >= 11 is 0. The second-order valence-corrected chi connectivity index (χ2v) is 11.3. The summed E-state index contributed by atoms with van der Waals surface area (Å²) in [4.78, 5) is 57.0. The van der Waals surface area contributed by atoms with Crippen LogP contribution in [0.4, 0.5) is 0 Å². The average Bonchev–Trinajstić information content (AvgIpc) is 2.94. The molecule has 2 heterocycles. The minimum atomic E-state index is -1.70. The molecule has 0 N–H and O–H groups in total. The Morgan fingerprint density at radius 3 is 2.78 bits per heavy atom. The fourth-order valence-electron chi connectivity index (χ4n) is 7.27. The Morgan fingerprint density at radius 1 is 1.28 bits per heavy atom. The number of allylic oxidation sites excluding steroid dienone is 1. The van der Waals surface area contributed by atoms with E-state index in [1.54, 1.807) is 18.3 Å². The largest absolute Gasteiger partial charge is 0.464 e. The molecule has 4 aliphatic rings. The standard InChI is InChI=1S/C29H31NO6/c1-17-14-19(10-13-30-17)6-9-23(32)36-25-20-7-8-21-28(12-5-11-27(3,4)22(28)15-31)16-35-26(34)29(21,25)24(33)18(20)2/h5-6,9-10,12-15,20-22,25H,2,7-8,11,16H2,1,3-4H3/b9-6+/t20-,21-,22+,25+,28+,29-/m0/s1. The van der Waals surface area contributed by atoms with Crippen molar-refractivity contribution in [3.8, 4) is 0 Å². The number of esters is 2. The number of aromatic nitrogens is 1. The van der Waals surface area contributed by atoms with Gasteiger partial charge in [0, 0.05) is 35.2 Å². The van der Waals surface area contributed by atoms with E-state index in [2.05, 4.69) is 11.6 Å². The molecule has 7 nitrogen and oxygen atoms in total. The van der Waals surface area contributed by atoms with E-state index in [4.69, 9.17) is 9.47 Å². The van der Waals surface area contributed by atoms with Crippen LogP contribution in [0.3, 0.4) is 0 Å². The third kappa shape index (κ3) is 3.28. The molecule has 5 rings (SSSR count). The molecule has 36 heavy (non-hydrogen) atoms. The summed E-state index contributed by atoms with van der Waals surface area (Å²) in [6.07, 6.45) is 10.2. The maximum atomic E-state index is 13.8. The molecule has 3 fully saturated rings. The molecule has 0 aromatic carbocycles. The molecule has 2 saturated carbocycles. The number of rotatable bonds is 4. The molecule has 2 bridgehead atoms. The molecule has 0 radical (unpaired) electrons. The van der Waals surface area contributed by atoms with Crippen LogP contribution in [0, 0.1) is 40.9 Å². The number of ketones is 1. The van der Waals surface area contributed by atoms with Crippen molar-refractivity contribution in [2.45, 2.75) is 46.1 Å². The number of hydrogen-bond donors (Lipinski definition) is 0. The molecular weight excluding hydrogens is 458 g/mol. The maximum Gasteiger partial charge on any atom is 0.331 e. The molecule has 0 amide bonds. The lowest BCUT2D eigenvalue weighted by atomic mass is 9.46. The summed E-state index contributed by atoms with van der Waals surface area (Å²) in [5.41, 5.74) is -1.05. The second kappa shape index (κ2) is 8.36. The number of nitrogens with zero attached hydrogens (tertiary/aromatic N) is 1. The van der Waals surface area contributed by atoms with Crippen molar-refractivity contribution in [1.82, 2.24) is 4.98 Å². The third-order valence-electron chi connectivity index (χ3n) is 8.89. The fraction of sp³-hybridized carbons (Fsp3) is 0.483. The Bertz CT molecular complexity index is 1230. The van der Waals surface area contributed by atoms with Crippen LogP contribution in [0.25, 0.3) is 6.08 Å². The van der Waals surface area contributed by atoms with Gasteiger partial charge in [-0.3, -0.25) is 14.6 Å². The van der Waals surface area contributed by atoms with Crippen LogP contribution in [0.2, 0.25) is 0 Å². The lowest BCUT2D eigenvalue weighted by Crippen LogP contribution is -2.66. The van der Waals surface area contributed by atoms with E-state index in [0.29, 0.717) is 24.8 Å². The predicted octanol–water partition coefficient (Wildman–Crippen LogP) is 3.81.